The zero-order chi connectivity index (χ0) is 10.5. The number of ether oxygens (including phenoxy) is 2. The van der Waals surface area contributed by atoms with Gasteiger partial charge in [0.25, 0.3) is 0 Å². The monoisotopic (exact) mass is 189 g/mol. The molecule has 0 rings (SSSR count). The molecule has 4 nitrogen and oxygen atoms in total. The molecule has 0 aliphatic rings. The maximum Gasteiger partial charge on any atom is 0.409 e. The Kier molecular flexibility index (Phi) is 4.77. The molecule has 0 aromatic heterocycles. The molecule has 0 radical (unpaired) electrons. The summed E-state index contributed by atoms with van der Waals surface area (Å²) in [5, 5.41) is 2.55. The molecular formula is C9H19NO3. The number of carbonyl (C=O) groups excluding carboxylic acids is 1. The first kappa shape index (κ1) is 12.2. The SMILES string of the molecule is CCOC(C)NC(=O)OC(C)(C)C. The van der Waals surface area contributed by atoms with Gasteiger partial charge in [-0.15, -0.1) is 0 Å². The van der Waals surface area contributed by atoms with Gasteiger partial charge in [0.1, 0.15) is 11.8 Å². The minimum absolute atomic E-state index is 0.306. The maximum absolute atomic E-state index is 11.1. The molecular weight excluding hydrogens is 170 g/mol. The highest BCUT2D eigenvalue weighted by molar-refractivity contribution is 5.67. The molecule has 0 fully saturated rings. The highest BCUT2D eigenvalue weighted by Gasteiger charge is 2.17. The summed E-state index contributed by atoms with van der Waals surface area (Å²) in [7, 11) is 0. The van der Waals surface area contributed by atoms with E-state index in [9.17, 15) is 4.79 Å². The Bertz CT molecular complexity index is 163. The number of nitrogens with one attached hydrogen (secondary N) is 1. The summed E-state index contributed by atoms with van der Waals surface area (Å²) in [6.07, 6.45) is -0.756. The second kappa shape index (κ2) is 5.07. The van der Waals surface area contributed by atoms with Crippen LogP contribution >= 0.6 is 0 Å². The number of hydrogen-bond donors (Lipinski definition) is 1. The van der Waals surface area contributed by atoms with Gasteiger partial charge in [-0.05, 0) is 34.6 Å². The number of rotatable bonds is 3. The van der Waals surface area contributed by atoms with E-state index >= 15 is 0 Å². The van der Waals surface area contributed by atoms with Crippen LogP contribution in [0.3, 0.4) is 0 Å². The number of alkyl carbamates (subject to hydrolysis) is 1. The lowest BCUT2D eigenvalue weighted by molar-refractivity contribution is 0.0172. The second-order valence-corrected chi connectivity index (χ2v) is 3.74. The van der Waals surface area contributed by atoms with E-state index in [1.807, 2.05) is 27.7 Å². The lowest BCUT2D eigenvalue weighted by atomic mass is 10.2. The minimum Gasteiger partial charge on any atom is -0.444 e. The lowest BCUT2D eigenvalue weighted by Gasteiger charge is -2.21. The van der Waals surface area contributed by atoms with Crippen LogP contribution in [0, 0.1) is 0 Å². The van der Waals surface area contributed by atoms with Gasteiger partial charge in [-0.3, -0.25) is 5.32 Å². The van der Waals surface area contributed by atoms with Crippen molar-refractivity contribution in [3.05, 3.63) is 0 Å². The second-order valence-electron chi connectivity index (χ2n) is 3.74. The van der Waals surface area contributed by atoms with Gasteiger partial charge in [-0.2, -0.15) is 0 Å². The van der Waals surface area contributed by atoms with Crippen LogP contribution in [0.2, 0.25) is 0 Å². The van der Waals surface area contributed by atoms with Crippen LogP contribution in [0.1, 0.15) is 34.6 Å². The van der Waals surface area contributed by atoms with Crippen molar-refractivity contribution in [1.82, 2.24) is 5.32 Å². The van der Waals surface area contributed by atoms with Crippen molar-refractivity contribution >= 4 is 6.09 Å². The van der Waals surface area contributed by atoms with E-state index in [1.165, 1.54) is 0 Å². The third-order valence-corrected chi connectivity index (χ3v) is 1.14. The first-order valence-electron chi connectivity index (χ1n) is 4.46. The molecule has 4 heteroatoms. The van der Waals surface area contributed by atoms with E-state index < -0.39 is 11.7 Å². The zero-order valence-electron chi connectivity index (χ0n) is 9.01. The number of amides is 1. The molecule has 1 atom stereocenters. The molecule has 1 unspecified atom stereocenters. The molecule has 0 saturated heterocycles. The molecule has 0 aliphatic heterocycles. The third kappa shape index (κ3) is 7.59. The van der Waals surface area contributed by atoms with Crippen molar-refractivity contribution < 1.29 is 14.3 Å². The fraction of sp³-hybridized carbons (Fsp3) is 0.889. The van der Waals surface area contributed by atoms with Gasteiger partial charge >= 0.3 is 6.09 Å². The molecule has 0 saturated carbocycles. The van der Waals surface area contributed by atoms with Crippen LogP contribution in [0.15, 0.2) is 0 Å². The van der Waals surface area contributed by atoms with Gasteiger partial charge < -0.3 is 9.47 Å². The molecule has 0 heterocycles. The van der Waals surface area contributed by atoms with Gasteiger partial charge in [0.2, 0.25) is 0 Å². The van der Waals surface area contributed by atoms with E-state index in [4.69, 9.17) is 9.47 Å². The van der Waals surface area contributed by atoms with Crippen LogP contribution in [-0.2, 0) is 9.47 Å². The zero-order valence-corrected chi connectivity index (χ0v) is 9.01. The standard InChI is InChI=1S/C9H19NO3/c1-6-12-7(2)10-8(11)13-9(3,4)5/h7H,6H2,1-5H3,(H,10,11). The molecule has 0 bridgehead atoms. The van der Waals surface area contributed by atoms with Crippen molar-refractivity contribution in [3.8, 4) is 0 Å². The number of carbonyl (C=O) groups is 1. The third-order valence-electron chi connectivity index (χ3n) is 1.14. The fourth-order valence-electron chi connectivity index (χ4n) is 0.765. The molecule has 0 aromatic rings. The van der Waals surface area contributed by atoms with Crippen molar-refractivity contribution in [3.63, 3.8) is 0 Å². The van der Waals surface area contributed by atoms with E-state index in [2.05, 4.69) is 5.32 Å². The molecule has 0 aliphatic carbocycles. The Balaban J connectivity index is 3.74. The molecule has 1 amide bonds. The summed E-state index contributed by atoms with van der Waals surface area (Å²) in [6.45, 7) is 9.64. The molecule has 13 heavy (non-hydrogen) atoms. The maximum atomic E-state index is 11.1. The summed E-state index contributed by atoms with van der Waals surface area (Å²) in [5.41, 5.74) is -0.462. The van der Waals surface area contributed by atoms with Crippen molar-refractivity contribution in [1.29, 1.82) is 0 Å². The first-order valence-corrected chi connectivity index (χ1v) is 4.46. The van der Waals surface area contributed by atoms with Gasteiger partial charge in [0.05, 0.1) is 0 Å². The topological polar surface area (TPSA) is 47.6 Å². The summed E-state index contributed by atoms with van der Waals surface area (Å²) >= 11 is 0. The summed E-state index contributed by atoms with van der Waals surface area (Å²) < 4.78 is 10.1. The van der Waals surface area contributed by atoms with E-state index in [1.54, 1.807) is 6.92 Å². The van der Waals surface area contributed by atoms with Crippen molar-refractivity contribution in [2.45, 2.75) is 46.4 Å². The van der Waals surface area contributed by atoms with Gasteiger partial charge in [-0.1, -0.05) is 0 Å². The van der Waals surface area contributed by atoms with Crippen molar-refractivity contribution in [2.75, 3.05) is 6.61 Å². The summed E-state index contributed by atoms with van der Waals surface area (Å²) in [6, 6.07) is 0. The molecule has 78 valence electrons. The smallest absolute Gasteiger partial charge is 0.409 e. The predicted molar refractivity (Wildman–Crippen MR) is 50.5 cm³/mol. The normalized spacial score (nSPS) is 13.6. The van der Waals surface area contributed by atoms with Crippen LogP contribution in [0.4, 0.5) is 4.79 Å². The predicted octanol–water partition coefficient (Wildman–Crippen LogP) is 1.89. The van der Waals surface area contributed by atoms with Crippen LogP contribution < -0.4 is 5.32 Å². The lowest BCUT2D eigenvalue weighted by Crippen LogP contribution is -2.38. The Morgan fingerprint density at radius 2 is 2.00 bits per heavy atom. The number of hydrogen-bond acceptors (Lipinski definition) is 3. The van der Waals surface area contributed by atoms with Crippen LogP contribution in [0.5, 0.6) is 0 Å². The first-order chi connectivity index (χ1) is 5.85. The van der Waals surface area contributed by atoms with E-state index in [0.717, 1.165) is 0 Å². The van der Waals surface area contributed by atoms with E-state index in [-0.39, 0.29) is 6.23 Å². The summed E-state index contributed by atoms with van der Waals surface area (Å²) in [5.74, 6) is 0. The van der Waals surface area contributed by atoms with Crippen LogP contribution in [0.25, 0.3) is 0 Å². The van der Waals surface area contributed by atoms with Gasteiger partial charge in [0, 0.05) is 6.61 Å². The molecule has 0 aromatic carbocycles. The Labute approximate surface area is 79.6 Å². The molecule has 1 N–H and O–H groups in total. The largest absolute Gasteiger partial charge is 0.444 e. The highest BCUT2D eigenvalue weighted by Crippen LogP contribution is 2.06. The van der Waals surface area contributed by atoms with Crippen LogP contribution in [-0.4, -0.2) is 24.5 Å². The van der Waals surface area contributed by atoms with E-state index in [0.29, 0.717) is 6.61 Å². The van der Waals surface area contributed by atoms with Gasteiger partial charge in [-0.25, -0.2) is 4.79 Å². The van der Waals surface area contributed by atoms with Gasteiger partial charge in [0.15, 0.2) is 0 Å². The Hall–Kier alpha value is -0.770. The Morgan fingerprint density at radius 1 is 1.46 bits per heavy atom. The Morgan fingerprint density at radius 3 is 2.38 bits per heavy atom. The minimum atomic E-state index is -0.462. The summed E-state index contributed by atoms with van der Waals surface area (Å²) in [4.78, 5) is 11.1. The average molecular weight is 189 g/mol. The quantitative estimate of drug-likeness (QED) is 0.690. The molecule has 0 spiro atoms. The van der Waals surface area contributed by atoms with Crippen molar-refractivity contribution in [2.24, 2.45) is 0 Å². The highest BCUT2D eigenvalue weighted by atomic mass is 16.6. The average Bonchev–Trinajstić information content (AvgIpc) is 1.81. The fourth-order valence-corrected chi connectivity index (χ4v) is 0.765.